The van der Waals surface area contributed by atoms with Gasteiger partial charge in [0.05, 0.1) is 6.20 Å². The van der Waals surface area contributed by atoms with E-state index in [9.17, 15) is 0 Å². The maximum atomic E-state index is 4.31. The van der Waals surface area contributed by atoms with Gasteiger partial charge in [-0.05, 0) is 25.7 Å². The first-order valence-electron chi connectivity index (χ1n) is 6.65. The third kappa shape index (κ3) is 3.70. The zero-order valence-corrected chi connectivity index (χ0v) is 11.1. The van der Waals surface area contributed by atoms with Crippen LogP contribution in [0.25, 0.3) is 6.08 Å². The lowest BCUT2D eigenvalue weighted by Gasteiger charge is -2.12. The number of nitrogens with zero attached hydrogens (tertiary/aromatic N) is 2. The average Bonchev–Trinajstić information content (AvgIpc) is 3.02. The molecule has 0 spiro atoms. The van der Waals surface area contributed by atoms with Crippen LogP contribution in [0.3, 0.4) is 0 Å². The molecule has 1 aromatic heterocycles. The van der Waals surface area contributed by atoms with Gasteiger partial charge in [0.1, 0.15) is 0 Å². The molecular formula is C14H23N3. The predicted octanol–water partition coefficient (Wildman–Crippen LogP) is 2.69. The van der Waals surface area contributed by atoms with Crippen LogP contribution in [0.1, 0.15) is 39.2 Å². The van der Waals surface area contributed by atoms with Crippen LogP contribution in [0, 0.1) is 5.92 Å². The van der Waals surface area contributed by atoms with Crippen LogP contribution >= 0.6 is 0 Å². The first kappa shape index (κ1) is 12.4. The van der Waals surface area contributed by atoms with Crippen LogP contribution in [-0.2, 0) is 6.54 Å². The molecule has 94 valence electrons. The zero-order valence-electron chi connectivity index (χ0n) is 11.1. The molecule has 0 radical (unpaired) electrons. The highest BCUT2D eigenvalue weighted by Gasteiger charge is 2.20. The summed E-state index contributed by atoms with van der Waals surface area (Å²) in [6.07, 6.45) is 9.03. The summed E-state index contributed by atoms with van der Waals surface area (Å²) < 4.78 is 1.97. The van der Waals surface area contributed by atoms with Gasteiger partial charge in [0.25, 0.3) is 0 Å². The summed E-state index contributed by atoms with van der Waals surface area (Å²) >= 11 is 0. The first-order valence-corrected chi connectivity index (χ1v) is 6.65. The van der Waals surface area contributed by atoms with Crippen LogP contribution < -0.4 is 5.32 Å². The Morgan fingerprint density at radius 1 is 1.59 bits per heavy atom. The monoisotopic (exact) mass is 233 g/mol. The van der Waals surface area contributed by atoms with Crippen molar-refractivity contribution in [2.75, 3.05) is 6.54 Å². The van der Waals surface area contributed by atoms with Crippen molar-refractivity contribution >= 4 is 6.08 Å². The van der Waals surface area contributed by atoms with E-state index in [4.69, 9.17) is 0 Å². The second-order valence-electron chi connectivity index (χ2n) is 5.16. The van der Waals surface area contributed by atoms with E-state index < -0.39 is 0 Å². The van der Waals surface area contributed by atoms with Crippen LogP contribution in [0.5, 0.6) is 0 Å². The molecule has 17 heavy (non-hydrogen) atoms. The van der Waals surface area contributed by atoms with Gasteiger partial charge in [0.2, 0.25) is 0 Å². The van der Waals surface area contributed by atoms with E-state index in [0.717, 1.165) is 19.1 Å². The molecule has 0 saturated heterocycles. The summed E-state index contributed by atoms with van der Waals surface area (Å²) in [5.41, 5.74) is 2.68. The SMILES string of the molecule is CCn1cc(/C=C(/CNC2CC2)C(C)C)cn1. The molecule has 0 aromatic carbocycles. The molecule has 1 aliphatic carbocycles. The van der Waals surface area contributed by atoms with Crippen molar-refractivity contribution in [1.29, 1.82) is 0 Å². The Hall–Kier alpha value is -1.09. The number of hydrogen-bond donors (Lipinski definition) is 1. The van der Waals surface area contributed by atoms with Gasteiger partial charge >= 0.3 is 0 Å². The van der Waals surface area contributed by atoms with Crippen molar-refractivity contribution in [3.63, 3.8) is 0 Å². The summed E-state index contributed by atoms with van der Waals surface area (Å²) in [5, 5.41) is 7.89. The van der Waals surface area contributed by atoms with E-state index in [1.165, 1.54) is 24.0 Å². The van der Waals surface area contributed by atoms with Crippen molar-refractivity contribution in [1.82, 2.24) is 15.1 Å². The van der Waals surface area contributed by atoms with E-state index >= 15 is 0 Å². The minimum absolute atomic E-state index is 0.589. The number of nitrogens with one attached hydrogen (secondary N) is 1. The largest absolute Gasteiger partial charge is 0.310 e. The van der Waals surface area contributed by atoms with Crippen LogP contribution in [-0.4, -0.2) is 22.4 Å². The maximum Gasteiger partial charge on any atom is 0.0562 e. The van der Waals surface area contributed by atoms with Gasteiger partial charge in [-0.15, -0.1) is 0 Å². The van der Waals surface area contributed by atoms with Gasteiger partial charge in [-0.2, -0.15) is 5.10 Å². The standard InChI is InChI=1S/C14H23N3/c1-4-17-10-12(8-16-17)7-13(11(2)3)9-15-14-5-6-14/h7-8,10-11,14-15H,4-6,9H2,1-3H3/b13-7-. The third-order valence-corrected chi connectivity index (χ3v) is 3.24. The van der Waals surface area contributed by atoms with Crippen LogP contribution in [0.15, 0.2) is 18.0 Å². The van der Waals surface area contributed by atoms with E-state index in [1.54, 1.807) is 0 Å². The second-order valence-corrected chi connectivity index (χ2v) is 5.16. The number of rotatable bonds is 6. The summed E-state index contributed by atoms with van der Waals surface area (Å²) in [6, 6.07) is 0.774. The van der Waals surface area contributed by atoms with Crippen LogP contribution in [0.4, 0.5) is 0 Å². The quantitative estimate of drug-likeness (QED) is 0.818. The fraction of sp³-hybridized carbons (Fsp3) is 0.643. The van der Waals surface area contributed by atoms with Gasteiger partial charge in [-0.3, -0.25) is 4.68 Å². The third-order valence-electron chi connectivity index (χ3n) is 3.24. The molecule has 0 aliphatic heterocycles. The van der Waals surface area contributed by atoms with Gasteiger partial charge in [0.15, 0.2) is 0 Å². The number of hydrogen-bond acceptors (Lipinski definition) is 2. The Balaban J connectivity index is 2.01. The molecule has 1 saturated carbocycles. The molecule has 1 heterocycles. The summed E-state index contributed by atoms with van der Waals surface area (Å²) in [7, 11) is 0. The van der Waals surface area contributed by atoms with E-state index in [-0.39, 0.29) is 0 Å². The highest BCUT2D eigenvalue weighted by Crippen LogP contribution is 2.20. The highest BCUT2D eigenvalue weighted by atomic mass is 15.3. The summed E-state index contributed by atoms with van der Waals surface area (Å²) in [4.78, 5) is 0. The molecule has 0 amide bonds. The molecule has 1 aromatic rings. The number of aromatic nitrogens is 2. The first-order chi connectivity index (χ1) is 8.19. The van der Waals surface area contributed by atoms with Gasteiger partial charge in [-0.1, -0.05) is 25.5 Å². The van der Waals surface area contributed by atoms with Gasteiger partial charge in [0, 0.05) is 30.9 Å². The summed E-state index contributed by atoms with van der Waals surface area (Å²) in [6.45, 7) is 8.57. The molecule has 0 unspecified atom stereocenters. The Kier molecular flexibility index (Phi) is 4.00. The average molecular weight is 233 g/mol. The Morgan fingerprint density at radius 3 is 2.88 bits per heavy atom. The molecule has 1 aliphatic rings. The molecule has 0 bridgehead atoms. The van der Waals surface area contributed by atoms with Crippen molar-refractivity contribution in [2.24, 2.45) is 5.92 Å². The molecule has 1 fully saturated rings. The zero-order chi connectivity index (χ0) is 12.3. The van der Waals surface area contributed by atoms with Crippen LogP contribution in [0.2, 0.25) is 0 Å². The molecule has 2 rings (SSSR count). The predicted molar refractivity (Wildman–Crippen MR) is 71.7 cm³/mol. The second kappa shape index (κ2) is 5.50. The van der Waals surface area contributed by atoms with E-state index in [1.807, 2.05) is 10.9 Å². The molecule has 3 nitrogen and oxygen atoms in total. The van der Waals surface area contributed by atoms with Gasteiger partial charge < -0.3 is 5.32 Å². The maximum absolute atomic E-state index is 4.31. The minimum atomic E-state index is 0.589. The van der Waals surface area contributed by atoms with Crippen molar-refractivity contribution in [2.45, 2.75) is 46.2 Å². The van der Waals surface area contributed by atoms with Gasteiger partial charge in [-0.25, -0.2) is 0 Å². The fourth-order valence-corrected chi connectivity index (χ4v) is 1.81. The van der Waals surface area contributed by atoms with Crippen molar-refractivity contribution in [3.05, 3.63) is 23.5 Å². The Morgan fingerprint density at radius 2 is 2.35 bits per heavy atom. The Labute approximate surface area is 104 Å². The Bertz CT molecular complexity index is 386. The molecule has 0 atom stereocenters. The van der Waals surface area contributed by atoms with E-state index in [2.05, 4.69) is 43.5 Å². The lowest BCUT2D eigenvalue weighted by molar-refractivity contribution is 0.659. The lowest BCUT2D eigenvalue weighted by Crippen LogP contribution is -2.21. The summed E-state index contributed by atoms with van der Waals surface area (Å²) in [5.74, 6) is 0.589. The minimum Gasteiger partial charge on any atom is -0.310 e. The topological polar surface area (TPSA) is 29.9 Å². The molecule has 1 N–H and O–H groups in total. The van der Waals surface area contributed by atoms with Crippen molar-refractivity contribution < 1.29 is 0 Å². The number of aryl methyl sites for hydroxylation is 1. The molecule has 3 heteroatoms. The van der Waals surface area contributed by atoms with E-state index in [0.29, 0.717) is 5.92 Å². The normalized spacial score (nSPS) is 16.8. The lowest BCUT2D eigenvalue weighted by atomic mass is 10.0. The smallest absolute Gasteiger partial charge is 0.0562 e. The highest BCUT2D eigenvalue weighted by molar-refractivity contribution is 5.51. The fourth-order valence-electron chi connectivity index (χ4n) is 1.81. The van der Waals surface area contributed by atoms with Crippen molar-refractivity contribution in [3.8, 4) is 0 Å². The molecular weight excluding hydrogens is 210 g/mol.